The molecule has 1 atom stereocenters. The summed E-state index contributed by atoms with van der Waals surface area (Å²) in [5, 5.41) is 2.48. The highest BCUT2D eigenvalue weighted by Crippen LogP contribution is 2.59. The van der Waals surface area contributed by atoms with Crippen LogP contribution in [0.4, 0.5) is 17.1 Å². The smallest absolute Gasteiger partial charge is 0.0714 e. The van der Waals surface area contributed by atoms with Crippen LogP contribution in [0.2, 0.25) is 0 Å². The summed E-state index contributed by atoms with van der Waals surface area (Å²) in [4.78, 5) is 2.44. The fourth-order valence-electron chi connectivity index (χ4n) is 11.6. The van der Waals surface area contributed by atoms with Crippen LogP contribution < -0.4 is 4.90 Å². The molecule has 0 heterocycles. The quantitative estimate of drug-likeness (QED) is 0.132. The zero-order valence-corrected chi connectivity index (χ0v) is 39.7. The summed E-state index contributed by atoms with van der Waals surface area (Å²) in [7, 11) is 0. The van der Waals surface area contributed by atoms with Crippen LogP contribution in [0.25, 0.3) is 77.5 Å². The van der Waals surface area contributed by atoms with Crippen LogP contribution in [-0.2, 0) is 5.41 Å². The number of para-hydroxylation sites is 1. The van der Waals surface area contributed by atoms with Crippen LogP contribution in [0.15, 0.2) is 297 Å². The Kier molecular flexibility index (Phi) is 10.8. The molecule has 72 heavy (non-hydrogen) atoms. The second-order valence-corrected chi connectivity index (χ2v) is 18.7. The lowest BCUT2D eigenvalue weighted by Crippen LogP contribution is -2.28. The topological polar surface area (TPSA) is 3.24 Å². The highest BCUT2D eigenvalue weighted by atomic mass is 15.1. The second-order valence-electron chi connectivity index (χ2n) is 18.7. The van der Waals surface area contributed by atoms with E-state index in [1.165, 1.54) is 88.7 Å². The minimum atomic E-state index is -0.596. The maximum absolute atomic E-state index is 2.44. The molecule has 1 nitrogen and oxygen atoms in total. The van der Waals surface area contributed by atoms with Crippen molar-refractivity contribution in [2.75, 3.05) is 4.90 Å². The third kappa shape index (κ3) is 7.25. The van der Waals surface area contributed by atoms with E-state index in [-0.39, 0.29) is 0 Å². The first kappa shape index (κ1) is 42.8. The van der Waals surface area contributed by atoms with Crippen LogP contribution in [0.3, 0.4) is 0 Å². The van der Waals surface area contributed by atoms with Gasteiger partial charge in [-0.2, -0.15) is 0 Å². The van der Waals surface area contributed by atoms with Gasteiger partial charge in [-0.25, -0.2) is 0 Å². The SMILES string of the molecule is c1ccc(-c2cccc(C3(c4ccccc4)c4ccccc4-c4c(-c5cc(-c6ccccc6)ccc5N(c5ccccc5)c5ccc(-c6ccc7ccccc7c6-c6ccccc6)cc5)cccc43)c2)cc1. The molecule has 0 saturated carbocycles. The summed E-state index contributed by atoms with van der Waals surface area (Å²) in [6, 6.07) is 109. The average Bonchev–Trinajstić information content (AvgIpc) is 3.78. The summed E-state index contributed by atoms with van der Waals surface area (Å²) in [6.07, 6.45) is 0. The predicted octanol–water partition coefficient (Wildman–Crippen LogP) is 19.0. The molecule has 13 rings (SSSR count). The Balaban J connectivity index is 1.04. The van der Waals surface area contributed by atoms with Crippen LogP contribution in [-0.4, -0.2) is 0 Å². The Morgan fingerprint density at radius 2 is 0.764 bits per heavy atom. The molecule has 1 aliphatic carbocycles. The largest absolute Gasteiger partial charge is 0.310 e. The Hall–Kier alpha value is -9.30. The Bertz CT molecular complexity index is 3880. The van der Waals surface area contributed by atoms with Gasteiger partial charge in [0.2, 0.25) is 0 Å². The van der Waals surface area contributed by atoms with Crippen LogP contribution >= 0.6 is 0 Å². The first-order chi connectivity index (χ1) is 35.7. The van der Waals surface area contributed by atoms with Gasteiger partial charge >= 0.3 is 0 Å². The van der Waals surface area contributed by atoms with Crippen LogP contribution in [0, 0.1) is 0 Å². The number of anilines is 3. The summed E-state index contributed by atoms with van der Waals surface area (Å²) in [6.45, 7) is 0. The molecule has 0 radical (unpaired) electrons. The Morgan fingerprint density at radius 1 is 0.250 bits per heavy atom. The molecule has 12 aromatic rings. The van der Waals surface area contributed by atoms with E-state index < -0.39 is 5.41 Å². The summed E-state index contributed by atoms with van der Waals surface area (Å²) in [5.41, 5.74) is 22.1. The van der Waals surface area contributed by atoms with Crippen molar-refractivity contribution < 1.29 is 0 Å². The fraction of sp³-hybridized carbons (Fsp3) is 0.0141. The van der Waals surface area contributed by atoms with Gasteiger partial charge in [0, 0.05) is 16.9 Å². The number of hydrogen-bond donors (Lipinski definition) is 0. The molecule has 0 amide bonds. The molecule has 0 bridgehead atoms. The number of fused-ring (bicyclic) bond motifs is 4. The standard InChI is InChI=1S/C71H49N/c1-6-22-50(23-7-1)55-29-20-32-58(48-55)71(57-30-12-4-13-31-57)66-38-19-18-36-64(66)70-63(37-21-39-67(70)71)65-49-56(51-24-8-2-9-25-51)43-47-68(65)72(59-33-14-5-15-34-59)60-44-40-53(41-45-60)62-46-42-52-26-16-17-35-61(52)69(62)54-27-10-3-11-28-54/h1-49H. The monoisotopic (exact) mass is 915 g/mol. The minimum absolute atomic E-state index is 0.596. The third-order valence-electron chi connectivity index (χ3n) is 14.8. The highest BCUT2D eigenvalue weighted by Gasteiger charge is 2.47. The molecule has 1 unspecified atom stereocenters. The van der Waals surface area contributed by atoms with Crippen LogP contribution in [0.5, 0.6) is 0 Å². The Morgan fingerprint density at radius 3 is 1.49 bits per heavy atom. The zero-order valence-electron chi connectivity index (χ0n) is 39.7. The molecule has 0 N–H and O–H groups in total. The van der Waals surface area contributed by atoms with Gasteiger partial charge < -0.3 is 4.90 Å². The molecular formula is C71H49N. The molecule has 1 aliphatic rings. The van der Waals surface area contributed by atoms with E-state index in [1.54, 1.807) is 0 Å². The van der Waals surface area contributed by atoms with Crippen molar-refractivity contribution in [1.29, 1.82) is 0 Å². The molecule has 12 aromatic carbocycles. The second kappa shape index (κ2) is 18.2. The number of benzene rings is 12. The van der Waals surface area contributed by atoms with E-state index in [0.29, 0.717) is 0 Å². The maximum atomic E-state index is 2.44. The average molecular weight is 916 g/mol. The van der Waals surface area contributed by atoms with Gasteiger partial charge in [0.05, 0.1) is 11.1 Å². The summed E-state index contributed by atoms with van der Waals surface area (Å²) >= 11 is 0. The minimum Gasteiger partial charge on any atom is -0.310 e. The zero-order chi connectivity index (χ0) is 47.8. The predicted molar refractivity (Wildman–Crippen MR) is 303 cm³/mol. The number of hydrogen-bond acceptors (Lipinski definition) is 1. The number of nitrogens with zero attached hydrogens (tertiary/aromatic N) is 1. The van der Waals surface area contributed by atoms with Gasteiger partial charge in [-0.1, -0.05) is 255 Å². The molecule has 338 valence electrons. The van der Waals surface area contributed by atoms with Gasteiger partial charge in [0.15, 0.2) is 0 Å². The highest BCUT2D eigenvalue weighted by molar-refractivity contribution is 6.05. The van der Waals surface area contributed by atoms with Crippen molar-refractivity contribution in [3.63, 3.8) is 0 Å². The van der Waals surface area contributed by atoms with E-state index in [0.717, 1.165) is 28.2 Å². The van der Waals surface area contributed by atoms with E-state index in [2.05, 4.69) is 302 Å². The normalized spacial score (nSPS) is 13.6. The third-order valence-corrected chi connectivity index (χ3v) is 14.8. The van der Waals surface area contributed by atoms with Gasteiger partial charge in [0.1, 0.15) is 0 Å². The lowest BCUT2D eigenvalue weighted by Gasteiger charge is -2.34. The van der Waals surface area contributed by atoms with Gasteiger partial charge in [-0.3, -0.25) is 0 Å². The molecule has 1 heteroatoms. The van der Waals surface area contributed by atoms with Crippen molar-refractivity contribution in [1.82, 2.24) is 0 Å². The van der Waals surface area contributed by atoms with Crippen molar-refractivity contribution in [2.24, 2.45) is 0 Å². The van der Waals surface area contributed by atoms with E-state index in [4.69, 9.17) is 0 Å². The summed E-state index contributed by atoms with van der Waals surface area (Å²) in [5.74, 6) is 0. The van der Waals surface area contributed by atoms with E-state index in [1.807, 2.05) is 0 Å². The van der Waals surface area contributed by atoms with Crippen molar-refractivity contribution in [3.05, 3.63) is 320 Å². The lowest BCUT2D eigenvalue weighted by molar-refractivity contribution is 0.769. The van der Waals surface area contributed by atoms with Crippen molar-refractivity contribution in [2.45, 2.75) is 5.41 Å². The fourth-order valence-corrected chi connectivity index (χ4v) is 11.6. The Labute approximate surface area is 422 Å². The molecule has 0 spiro atoms. The first-order valence-electron chi connectivity index (χ1n) is 24.9. The molecule has 0 fully saturated rings. The van der Waals surface area contributed by atoms with Crippen molar-refractivity contribution in [3.8, 4) is 66.8 Å². The van der Waals surface area contributed by atoms with E-state index in [9.17, 15) is 0 Å². The van der Waals surface area contributed by atoms with Gasteiger partial charge in [-0.15, -0.1) is 0 Å². The summed E-state index contributed by atoms with van der Waals surface area (Å²) < 4.78 is 0. The first-order valence-corrected chi connectivity index (χ1v) is 24.9. The van der Waals surface area contributed by atoms with Crippen molar-refractivity contribution >= 4 is 27.8 Å². The molecule has 0 aliphatic heterocycles. The maximum Gasteiger partial charge on any atom is 0.0714 e. The molecule has 0 aromatic heterocycles. The lowest BCUT2D eigenvalue weighted by atomic mass is 9.67. The van der Waals surface area contributed by atoms with Gasteiger partial charge in [0.25, 0.3) is 0 Å². The van der Waals surface area contributed by atoms with Crippen LogP contribution in [0.1, 0.15) is 22.3 Å². The number of rotatable bonds is 10. The molecule has 0 saturated heterocycles. The van der Waals surface area contributed by atoms with E-state index >= 15 is 0 Å². The van der Waals surface area contributed by atoms with Gasteiger partial charge in [-0.05, 0) is 137 Å². The molecular weight excluding hydrogens is 867 g/mol.